The van der Waals surface area contributed by atoms with E-state index in [2.05, 4.69) is 20.1 Å². The second kappa shape index (κ2) is 6.27. The Morgan fingerprint density at radius 2 is 2.04 bits per heavy atom. The molecule has 0 unspecified atom stereocenters. The molecular formula is C14H15F3N4O2. The number of anilines is 1. The van der Waals surface area contributed by atoms with Gasteiger partial charge in [-0.2, -0.15) is 18.3 Å². The number of nitrogens with one attached hydrogen (secondary N) is 1. The number of aryl methyl sites for hydroxylation is 2. The van der Waals surface area contributed by atoms with Crippen LogP contribution in [0.1, 0.15) is 21.7 Å². The number of halogens is 3. The molecule has 0 aliphatic rings. The van der Waals surface area contributed by atoms with Crippen LogP contribution in [-0.4, -0.2) is 33.5 Å². The number of rotatable bonds is 4. The molecule has 0 aromatic carbocycles. The van der Waals surface area contributed by atoms with Crippen molar-refractivity contribution in [3.8, 4) is 5.88 Å². The minimum Gasteiger partial charge on any atom is -0.468 e. The molecule has 0 saturated heterocycles. The molecule has 0 bridgehead atoms. The molecule has 0 radical (unpaired) electrons. The lowest BCUT2D eigenvalue weighted by Crippen LogP contribution is -2.21. The van der Waals surface area contributed by atoms with Gasteiger partial charge in [-0.05, 0) is 19.9 Å². The van der Waals surface area contributed by atoms with Crippen LogP contribution in [0.25, 0.3) is 0 Å². The Labute approximate surface area is 130 Å². The zero-order valence-corrected chi connectivity index (χ0v) is 12.7. The van der Waals surface area contributed by atoms with Gasteiger partial charge in [-0.1, -0.05) is 6.07 Å². The van der Waals surface area contributed by atoms with Crippen LogP contribution in [0.2, 0.25) is 0 Å². The van der Waals surface area contributed by atoms with Gasteiger partial charge < -0.3 is 10.1 Å². The van der Waals surface area contributed by atoms with E-state index >= 15 is 0 Å². The fraction of sp³-hybridized carbons (Fsp3) is 0.357. The Bertz CT molecular complexity index is 725. The monoisotopic (exact) mass is 328 g/mol. The van der Waals surface area contributed by atoms with E-state index in [0.29, 0.717) is 5.82 Å². The minimum absolute atomic E-state index is 0.0528. The maximum absolute atomic E-state index is 12.2. The molecular weight excluding hydrogens is 313 g/mol. The van der Waals surface area contributed by atoms with Crippen molar-refractivity contribution in [1.29, 1.82) is 0 Å². The zero-order valence-electron chi connectivity index (χ0n) is 12.7. The number of carbonyl (C=O) groups excluding carboxylic acids is 1. The summed E-state index contributed by atoms with van der Waals surface area (Å²) in [4.78, 5) is 16.0. The third kappa shape index (κ3) is 4.21. The normalized spacial score (nSPS) is 11.4. The highest BCUT2D eigenvalue weighted by molar-refractivity contribution is 6.02. The number of aromatic nitrogens is 3. The topological polar surface area (TPSA) is 69.0 Å². The summed E-state index contributed by atoms with van der Waals surface area (Å²) in [5.41, 5.74) is 1.51. The van der Waals surface area contributed by atoms with E-state index in [0.717, 1.165) is 11.3 Å². The van der Waals surface area contributed by atoms with Crippen molar-refractivity contribution in [2.24, 2.45) is 7.05 Å². The van der Waals surface area contributed by atoms with E-state index in [1.54, 1.807) is 20.9 Å². The lowest BCUT2D eigenvalue weighted by atomic mass is 10.2. The first-order valence-electron chi connectivity index (χ1n) is 6.65. The lowest BCUT2D eigenvalue weighted by Gasteiger charge is -2.10. The van der Waals surface area contributed by atoms with Gasteiger partial charge >= 0.3 is 6.18 Å². The summed E-state index contributed by atoms with van der Waals surface area (Å²) in [5.74, 6) is -0.336. The van der Waals surface area contributed by atoms with Gasteiger partial charge in [0.25, 0.3) is 5.91 Å². The molecule has 2 rings (SSSR count). The molecule has 0 aliphatic carbocycles. The molecule has 1 amide bonds. The van der Waals surface area contributed by atoms with Gasteiger partial charge in [0.05, 0.1) is 5.69 Å². The number of amides is 1. The van der Waals surface area contributed by atoms with Crippen LogP contribution in [0.4, 0.5) is 19.0 Å². The van der Waals surface area contributed by atoms with Crippen molar-refractivity contribution in [3.05, 3.63) is 35.2 Å². The molecule has 2 aromatic heterocycles. The van der Waals surface area contributed by atoms with Crippen LogP contribution in [0.5, 0.6) is 5.88 Å². The van der Waals surface area contributed by atoms with Crippen molar-refractivity contribution in [2.45, 2.75) is 20.0 Å². The van der Waals surface area contributed by atoms with Gasteiger partial charge in [0.15, 0.2) is 6.61 Å². The summed E-state index contributed by atoms with van der Waals surface area (Å²) >= 11 is 0. The average Bonchev–Trinajstić information content (AvgIpc) is 2.71. The molecule has 1 N–H and O–H groups in total. The summed E-state index contributed by atoms with van der Waals surface area (Å²) in [6, 6.07) is 4.03. The second-order valence-corrected chi connectivity index (χ2v) is 4.90. The van der Waals surface area contributed by atoms with Crippen molar-refractivity contribution >= 4 is 11.7 Å². The van der Waals surface area contributed by atoms with Crippen LogP contribution in [0, 0.1) is 13.8 Å². The third-order valence-electron chi connectivity index (χ3n) is 3.09. The van der Waals surface area contributed by atoms with Gasteiger partial charge in [0.1, 0.15) is 11.5 Å². The largest absolute Gasteiger partial charge is 0.468 e. The highest BCUT2D eigenvalue weighted by atomic mass is 19.4. The van der Waals surface area contributed by atoms with E-state index in [-0.39, 0.29) is 11.6 Å². The Balaban J connectivity index is 2.13. The van der Waals surface area contributed by atoms with E-state index in [1.165, 1.54) is 22.9 Å². The van der Waals surface area contributed by atoms with Crippen molar-refractivity contribution < 1.29 is 22.7 Å². The molecule has 0 atom stereocenters. The van der Waals surface area contributed by atoms with Crippen LogP contribution in [-0.2, 0) is 7.05 Å². The first kappa shape index (κ1) is 16.8. The van der Waals surface area contributed by atoms with Crippen molar-refractivity contribution in [3.63, 3.8) is 0 Å². The second-order valence-electron chi connectivity index (χ2n) is 4.90. The van der Waals surface area contributed by atoms with Crippen molar-refractivity contribution in [2.75, 3.05) is 11.9 Å². The molecule has 23 heavy (non-hydrogen) atoms. The van der Waals surface area contributed by atoms with E-state index in [1.807, 2.05) is 0 Å². The molecule has 2 aromatic rings. The van der Waals surface area contributed by atoms with Crippen LogP contribution in [0.3, 0.4) is 0 Å². The van der Waals surface area contributed by atoms with Gasteiger partial charge in [0.2, 0.25) is 5.88 Å². The fourth-order valence-corrected chi connectivity index (χ4v) is 1.89. The molecule has 0 fully saturated rings. The molecule has 0 saturated carbocycles. The predicted molar refractivity (Wildman–Crippen MR) is 76.4 cm³/mol. The summed E-state index contributed by atoms with van der Waals surface area (Å²) in [7, 11) is 1.67. The molecule has 6 nitrogen and oxygen atoms in total. The van der Waals surface area contributed by atoms with Crippen LogP contribution < -0.4 is 10.1 Å². The Morgan fingerprint density at radius 1 is 1.35 bits per heavy atom. The number of ether oxygens (including phenoxy) is 1. The molecule has 0 aliphatic heterocycles. The smallest absolute Gasteiger partial charge is 0.422 e. The fourth-order valence-electron chi connectivity index (χ4n) is 1.89. The standard InChI is InChI=1S/C14H15F3N4O2/c1-8-9(2)20-21(3)12(8)19-13(22)10-5-4-6-11(18-10)23-7-14(15,16)17/h4-6H,7H2,1-3H3,(H,19,22). The van der Waals surface area contributed by atoms with Crippen LogP contribution >= 0.6 is 0 Å². The maximum atomic E-state index is 12.2. The van der Waals surface area contributed by atoms with E-state index < -0.39 is 18.7 Å². The quantitative estimate of drug-likeness (QED) is 0.937. The Morgan fingerprint density at radius 3 is 2.61 bits per heavy atom. The highest BCUT2D eigenvalue weighted by Crippen LogP contribution is 2.19. The Hall–Kier alpha value is -2.58. The van der Waals surface area contributed by atoms with E-state index in [4.69, 9.17) is 0 Å². The first-order chi connectivity index (χ1) is 10.7. The summed E-state index contributed by atoms with van der Waals surface area (Å²) < 4.78 is 42.4. The number of carbonyl (C=O) groups is 1. The highest BCUT2D eigenvalue weighted by Gasteiger charge is 2.28. The SMILES string of the molecule is Cc1nn(C)c(NC(=O)c2cccc(OCC(F)(F)F)n2)c1C. The van der Waals surface area contributed by atoms with Gasteiger partial charge in [-0.15, -0.1) is 0 Å². The van der Waals surface area contributed by atoms with Gasteiger partial charge in [0, 0.05) is 18.7 Å². The number of hydrogen-bond acceptors (Lipinski definition) is 4. The predicted octanol–water partition coefficient (Wildman–Crippen LogP) is 2.63. The zero-order chi connectivity index (χ0) is 17.2. The third-order valence-corrected chi connectivity index (χ3v) is 3.09. The average molecular weight is 328 g/mol. The lowest BCUT2D eigenvalue weighted by molar-refractivity contribution is -0.154. The number of nitrogens with zero attached hydrogens (tertiary/aromatic N) is 3. The van der Waals surface area contributed by atoms with Crippen LogP contribution in [0.15, 0.2) is 18.2 Å². The Kier molecular flexibility index (Phi) is 4.57. The number of hydrogen-bond donors (Lipinski definition) is 1. The number of pyridine rings is 1. The molecule has 9 heteroatoms. The first-order valence-corrected chi connectivity index (χ1v) is 6.65. The van der Waals surface area contributed by atoms with E-state index in [9.17, 15) is 18.0 Å². The van der Waals surface area contributed by atoms with Gasteiger partial charge in [-0.3, -0.25) is 9.48 Å². The summed E-state index contributed by atoms with van der Waals surface area (Å²) in [5, 5.41) is 6.80. The molecule has 124 valence electrons. The minimum atomic E-state index is -4.47. The maximum Gasteiger partial charge on any atom is 0.422 e. The summed E-state index contributed by atoms with van der Waals surface area (Å²) in [6.07, 6.45) is -4.47. The molecule has 0 spiro atoms. The molecule has 2 heterocycles. The number of alkyl halides is 3. The summed E-state index contributed by atoms with van der Waals surface area (Å²) in [6.45, 7) is 2.13. The van der Waals surface area contributed by atoms with Crippen molar-refractivity contribution in [1.82, 2.24) is 14.8 Å². The van der Waals surface area contributed by atoms with Gasteiger partial charge in [-0.25, -0.2) is 4.98 Å².